The first kappa shape index (κ1) is 20.4. The van der Waals surface area contributed by atoms with E-state index in [1.165, 1.54) is 0 Å². The van der Waals surface area contributed by atoms with Crippen molar-refractivity contribution in [3.63, 3.8) is 0 Å². The molecule has 7 heteroatoms. The van der Waals surface area contributed by atoms with Crippen molar-refractivity contribution in [1.82, 2.24) is 9.55 Å². The molecular formula is C22H26N2O3S2. The summed E-state index contributed by atoms with van der Waals surface area (Å²) in [6.07, 6.45) is 1.93. The van der Waals surface area contributed by atoms with Gasteiger partial charge in [-0.15, -0.1) is 11.3 Å². The van der Waals surface area contributed by atoms with Crippen molar-refractivity contribution in [2.45, 2.75) is 51.5 Å². The second-order valence-corrected chi connectivity index (χ2v) is 9.71. The third-order valence-corrected chi connectivity index (χ3v) is 7.46. The summed E-state index contributed by atoms with van der Waals surface area (Å²) >= 11 is 3.23. The number of ether oxygens (including phenoxy) is 2. The monoisotopic (exact) mass is 430 g/mol. The summed E-state index contributed by atoms with van der Waals surface area (Å²) < 4.78 is 13.1. The lowest BCUT2D eigenvalue weighted by atomic mass is 9.96. The van der Waals surface area contributed by atoms with Crippen LogP contribution in [0.25, 0.3) is 15.9 Å². The van der Waals surface area contributed by atoms with Gasteiger partial charge in [-0.1, -0.05) is 32.5 Å². The van der Waals surface area contributed by atoms with E-state index in [1.54, 1.807) is 34.8 Å². The lowest BCUT2D eigenvalue weighted by molar-refractivity contribution is 0.00200. The molecule has 0 unspecified atom stereocenters. The lowest BCUT2D eigenvalue weighted by Crippen LogP contribution is -2.28. The molecule has 0 saturated heterocycles. The van der Waals surface area contributed by atoms with Gasteiger partial charge in [0.25, 0.3) is 5.56 Å². The molecule has 0 radical (unpaired) electrons. The summed E-state index contributed by atoms with van der Waals surface area (Å²) in [5.41, 5.74) is 1.96. The average Bonchev–Trinajstić information content (AvgIpc) is 3.10. The fourth-order valence-electron chi connectivity index (χ4n) is 3.59. The van der Waals surface area contributed by atoms with Crippen LogP contribution in [-0.2, 0) is 17.8 Å². The lowest BCUT2D eigenvalue weighted by Gasteiger charge is -2.26. The quantitative estimate of drug-likeness (QED) is 0.404. The standard InChI is InChI=1S/C22H26N2O3S2/c1-5-10-28-22-23-20-19(16-11-17(13(2)3)27-12-18(16)29-20)21(25)24(22)14-6-8-15(26-4)9-7-14/h6-9,13,17H,5,10-12H2,1-4H3/t17-/m1/s1. The Kier molecular flexibility index (Phi) is 5.99. The molecule has 0 amide bonds. The van der Waals surface area contributed by atoms with E-state index in [0.29, 0.717) is 12.5 Å². The molecule has 0 N–H and O–H groups in total. The van der Waals surface area contributed by atoms with Gasteiger partial charge in [0.2, 0.25) is 0 Å². The highest BCUT2D eigenvalue weighted by Gasteiger charge is 2.28. The summed E-state index contributed by atoms with van der Waals surface area (Å²) in [7, 11) is 1.64. The number of thioether (sulfide) groups is 1. The molecule has 2 aromatic heterocycles. The maximum atomic E-state index is 13.7. The molecular weight excluding hydrogens is 404 g/mol. The minimum Gasteiger partial charge on any atom is -0.497 e. The van der Waals surface area contributed by atoms with E-state index < -0.39 is 0 Å². The number of rotatable bonds is 6. The van der Waals surface area contributed by atoms with Gasteiger partial charge in [-0.2, -0.15) is 0 Å². The Morgan fingerprint density at radius 2 is 2.10 bits per heavy atom. The van der Waals surface area contributed by atoms with Gasteiger partial charge >= 0.3 is 0 Å². The number of thiophene rings is 1. The second kappa shape index (κ2) is 8.50. The molecule has 0 spiro atoms. The van der Waals surface area contributed by atoms with Gasteiger partial charge in [0, 0.05) is 17.1 Å². The molecule has 1 atom stereocenters. The van der Waals surface area contributed by atoms with Crippen molar-refractivity contribution in [3.8, 4) is 11.4 Å². The Hall–Kier alpha value is -1.83. The Balaban J connectivity index is 1.91. The predicted molar refractivity (Wildman–Crippen MR) is 120 cm³/mol. The number of fused-ring (bicyclic) bond motifs is 3. The second-order valence-electron chi connectivity index (χ2n) is 7.56. The van der Waals surface area contributed by atoms with Crippen LogP contribution in [-0.4, -0.2) is 28.5 Å². The Bertz CT molecular complexity index is 1070. The smallest absolute Gasteiger partial charge is 0.267 e. The van der Waals surface area contributed by atoms with Gasteiger partial charge in [-0.05, 0) is 42.2 Å². The average molecular weight is 431 g/mol. The zero-order valence-electron chi connectivity index (χ0n) is 17.2. The van der Waals surface area contributed by atoms with Crippen molar-refractivity contribution < 1.29 is 9.47 Å². The van der Waals surface area contributed by atoms with Crippen LogP contribution in [0.15, 0.2) is 34.2 Å². The molecule has 4 rings (SSSR count). The third-order valence-electron chi connectivity index (χ3n) is 5.22. The van der Waals surface area contributed by atoms with Crippen molar-refractivity contribution in [2.75, 3.05) is 12.9 Å². The molecule has 0 saturated carbocycles. The highest BCUT2D eigenvalue weighted by molar-refractivity contribution is 7.99. The zero-order chi connectivity index (χ0) is 20.5. The summed E-state index contributed by atoms with van der Waals surface area (Å²) in [5, 5.41) is 1.50. The Morgan fingerprint density at radius 3 is 2.76 bits per heavy atom. The molecule has 1 aliphatic heterocycles. The summed E-state index contributed by atoms with van der Waals surface area (Å²) in [6, 6.07) is 7.60. The van der Waals surface area contributed by atoms with E-state index in [1.807, 2.05) is 24.3 Å². The number of hydrogen-bond acceptors (Lipinski definition) is 6. The minimum atomic E-state index is 0.0145. The molecule has 154 valence electrons. The van der Waals surface area contributed by atoms with Gasteiger partial charge in [0.05, 0.1) is 30.9 Å². The third kappa shape index (κ3) is 3.83. The Morgan fingerprint density at radius 1 is 1.34 bits per heavy atom. The topological polar surface area (TPSA) is 53.4 Å². The van der Waals surface area contributed by atoms with Crippen molar-refractivity contribution in [1.29, 1.82) is 0 Å². The first-order valence-corrected chi connectivity index (χ1v) is 11.8. The molecule has 0 fully saturated rings. The van der Waals surface area contributed by atoms with E-state index in [9.17, 15) is 4.79 Å². The minimum absolute atomic E-state index is 0.0145. The SMILES string of the molecule is CCCSc1nc2sc3c(c2c(=O)n1-c1ccc(OC)cc1)C[C@H](C(C)C)OC3. The molecule has 3 heterocycles. The van der Waals surface area contributed by atoms with E-state index >= 15 is 0 Å². The van der Waals surface area contributed by atoms with E-state index in [2.05, 4.69) is 20.8 Å². The van der Waals surface area contributed by atoms with Crippen LogP contribution >= 0.6 is 23.1 Å². The van der Waals surface area contributed by atoms with Crippen LogP contribution in [0, 0.1) is 5.92 Å². The highest BCUT2D eigenvalue weighted by Crippen LogP contribution is 2.36. The molecule has 0 aliphatic carbocycles. The van der Waals surface area contributed by atoms with Gasteiger partial charge in [0.1, 0.15) is 10.6 Å². The number of nitrogens with zero attached hydrogens (tertiary/aromatic N) is 2. The summed E-state index contributed by atoms with van der Waals surface area (Å²) in [5.74, 6) is 2.09. The van der Waals surface area contributed by atoms with Crippen LogP contribution in [0.5, 0.6) is 5.75 Å². The first-order valence-electron chi connectivity index (χ1n) is 9.99. The van der Waals surface area contributed by atoms with E-state index in [-0.39, 0.29) is 11.7 Å². The molecule has 3 aromatic rings. The van der Waals surface area contributed by atoms with Gasteiger partial charge in [0.15, 0.2) is 5.16 Å². The number of aromatic nitrogens is 2. The van der Waals surface area contributed by atoms with Crippen LogP contribution in [0.2, 0.25) is 0 Å². The van der Waals surface area contributed by atoms with Crippen molar-refractivity contribution in [3.05, 3.63) is 45.1 Å². The maximum absolute atomic E-state index is 13.7. The van der Waals surface area contributed by atoms with Crippen molar-refractivity contribution >= 4 is 33.3 Å². The largest absolute Gasteiger partial charge is 0.497 e. The zero-order valence-corrected chi connectivity index (χ0v) is 18.9. The maximum Gasteiger partial charge on any atom is 0.267 e. The van der Waals surface area contributed by atoms with Crippen LogP contribution < -0.4 is 10.3 Å². The fraction of sp³-hybridized carbons (Fsp3) is 0.455. The van der Waals surface area contributed by atoms with Crippen LogP contribution in [0.1, 0.15) is 37.6 Å². The van der Waals surface area contributed by atoms with E-state index in [4.69, 9.17) is 14.5 Å². The summed E-state index contributed by atoms with van der Waals surface area (Å²) in [6.45, 7) is 7.03. The fourth-order valence-corrected chi connectivity index (χ4v) is 5.62. The number of hydrogen-bond donors (Lipinski definition) is 0. The molecule has 0 bridgehead atoms. The number of methoxy groups -OCH3 is 1. The van der Waals surface area contributed by atoms with Gasteiger partial charge in [-0.3, -0.25) is 9.36 Å². The summed E-state index contributed by atoms with van der Waals surface area (Å²) in [4.78, 5) is 20.6. The van der Waals surface area contributed by atoms with Crippen LogP contribution in [0.4, 0.5) is 0 Å². The van der Waals surface area contributed by atoms with Crippen molar-refractivity contribution in [2.24, 2.45) is 5.92 Å². The van der Waals surface area contributed by atoms with Crippen LogP contribution in [0.3, 0.4) is 0 Å². The predicted octanol–water partition coefficient (Wildman–Crippen LogP) is 5.06. The Labute approximate surface area is 179 Å². The molecule has 29 heavy (non-hydrogen) atoms. The molecule has 1 aliphatic rings. The number of benzene rings is 1. The normalized spacial score (nSPS) is 16.4. The van der Waals surface area contributed by atoms with Gasteiger partial charge in [-0.25, -0.2) is 4.98 Å². The first-order chi connectivity index (χ1) is 14.0. The highest BCUT2D eigenvalue weighted by atomic mass is 32.2. The molecule has 1 aromatic carbocycles. The van der Waals surface area contributed by atoms with E-state index in [0.717, 1.165) is 55.8 Å². The molecule has 5 nitrogen and oxygen atoms in total. The van der Waals surface area contributed by atoms with Gasteiger partial charge < -0.3 is 9.47 Å².